The minimum absolute atomic E-state index is 0.0260. The predicted octanol–water partition coefficient (Wildman–Crippen LogP) is 3.50. The first-order valence-electron chi connectivity index (χ1n) is 4.77. The third-order valence-corrected chi connectivity index (χ3v) is 3.10. The second kappa shape index (κ2) is 4.03. The molecule has 0 atom stereocenters. The molecule has 4 heteroatoms. The van der Waals surface area contributed by atoms with Crippen LogP contribution < -0.4 is 0 Å². The highest BCUT2D eigenvalue weighted by molar-refractivity contribution is 6.35. The Morgan fingerprint density at radius 2 is 2.07 bits per heavy atom. The molecule has 1 N–H and O–H groups in total. The average molecular weight is 245 g/mol. The van der Waals surface area contributed by atoms with E-state index in [1.54, 1.807) is 6.07 Å². The Labute approximate surface area is 97.8 Å². The van der Waals surface area contributed by atoms with Gasteiger partial charge in [-0.3, -0.25) is 4.79 Å². The van der Waals surface area contributed by atoms with Gasteiger partial charge in [0.05, 0.1) is 6.42 Å². The van der Waals surface area contributed by atoms with Gasteiger partial charge < -0.3 is 5.11 Å². The minimum Gasteiger partial charge on any atom is -0.481 e. The van der Waals surface area contributed by atoms with Gasteiger partial charge in [-0.2, -0.15) is 0 Å². The molecule has 1 aromatic carbocycles. The summed E-state index contributed by atoms with van der Waals surface area (Å²) in [5.74, 6) is -0.406. The van der Waals surface area contributed by atoms with Crippen molar-refractivity contribution in [1.82, 2.24) is 0 Å². The molecule has 1 saturated carbocycles. The molecule has 1 aliphatic rings. The van der Waals surface area contributed by atoms with E-state index in [1.165, 1.54) is 0 Å². The van der Waals surface area contributed by atoms with Crippen molar-refractivity contribution < 1.29 is 9.90 Å². The molecule has 0 bridgehead atoms. The fourth-order valence-electron chi connectivity index (χ4n) is 1.72. The molecule has 0 spiro atoms. The van der Waals surface area contributed by atoms with Gasteiger partial charge >= 0.3 is 5.97 Å². The Balaban J connectivity index is 2.43. The zero-order chi connectivity index (χ0) is 11.0. The molecule has 0 unspecified atom stereocenters. The lowest BCUT2D eigenvalue weighted by atomic mass is 10.0. The second-order valence-corrected chi connectivity index (χ2v) is 4.64. The second-order valence-electron chi connectivity index (χ2n) is 3.80. The quantitative estimate of drug-likeness (QED) is 0.884. The lowest BCUT2D eigenvalue weighted by molar-refractivity contribution is -0.136. The van der Waals surface area contributed by atoms with Crippen LogP contribution in [0.4, 0.5) is 0 Å². The van der Waals surface area contributed by atoms with Gasteiger partial charge in [-0.1, -0.05) is 23.2 Å². The Kier molecular flexibility index (Phi) is 2.89. The molecule has 0 saturated heterocycles. The molecule has 1 fully saturated rings. The maximum absolute atomic E-state index is 10.7. The smallest absolute Gasteiger partial charge is 0.307 e. The van der Waals surface area contributed by atoms with Crippen LogP contribution in [0.15, 0.2) is 12.1 Å². The number of rotatable bonds is 3. The van der Waals surface area contributed by atoms with Crippen molar-refractivity contribution in [2.24, 2.45) is 0 Å². The van der Waals surface area contributed by atoms with Crippen LogP contribution in [0, 0.1) is 0 Å². The molecule has 0 aliphatic heterocycles. The van der Waals surface area contributed by atoms with Crippen LogP contribution in [0.2, 0.25) is 10.0 Å². The van der Waals surface area contributed by atoms with Crippen molar-refractivity contribution in [3.63, 3.8) is 0 Å². The highest BCUT2D eigenvalue weighted by Crippen LogP contribution is 2.44. The summed E-state index contributed by atoms with van der Waals surface area (Å²) in [6.07, 6.45) is 2.18. The fraction of sp³-hybridized carbons (Fsp3) is 0.364. The monoisotopic (exact) mass is 244 g/mol. The van der Waals surface area contributed by atoms with Gasteiger partial charge in [0.1, 0.15) is 0 Å². The topological polar surface area (TPSA) is 37.3 Å². The SMILES string of the molecule is O=C(O)Cc1c(Cl)cc(Cl)cc1C1CC1. The van der Waals surface area contributed by atoms with Gasteiger partial charge in [0.2, 0.25) is 0 Å². The summed E-state index contributed by atoms with van der Waals surface area (Å²) in [7, 11) is 0. The van der Waals surface area contributed by atoms with Crippen LogP contribution in [0.1, 0.15) is 29.9 Å². The van der Waals surface area contributed by atoms with Gasteiger partial charge in [0, 0.05) is 10.0 Å². The predicted molar refractivity (Wildman–Crippen MR) is 59.8 cm³/mol. The molecule has 0 radical (unpaired) electrons. The van der Waals surface area contributed by atoms with E-state index >= 15 is 0 Å². The third kappa shape index (κ3) is 2.44. The summed E-state index contributed by atoms with van der Waals surface area (Å²) in [5, 5.41) is 9.84. The number of halogens is 2. The first kappa shape index (κ1) is 10.8. The highest BCUT2D eigenvalue weighted by Gasteiger charge is 2.28. The number of carboxylic acid groups (broad SMARTS) is 1. The number of hydrogen-bond donors (Lipinski definition) is 1. The zero-order valence-electron chi connectivity index (χ0n) is 7.96. The summed E-state index contributed by atoms with van der Waals surface area (Å²) in [5.41, 5.74) is 1.73. The number of carbonyl (C=O) groups is 1. The van der Waals surface area contributed by atoms with E-state index in [0.29, 0.717) is 16.0 Å². The molecule has 1 aliphatic carbocycles. The van der Waals surface area contributed by atoms with E-state index in [1.807, 2.05) is 6.07 Å². The van der Waals surface area contributed by atoms with Crippen LogP contribution in [0.25, 0.3) is 0 Å². The molecule has 0 heterocycles. The van der Waals surface area contributed by atoms with Crippen LogP contribution in [0.5, 0.6) is 0 Å². The van der Waals surface area contributed by atoms with Crippen LogP contribution in [0.3, 0.4) is 0 Å². The summed E-state index contributed by atoms with van der Waals surface area (Å²) in [4.78, 5) is 10.7. The normalized spacial score (nSPS) is 15.3. The number of benzene rings is 1. The largest absolute Gasteiger partial charge is 0.481 e. The zero-order valence-corrected chi connectivity index (χ0v) is 9.48. The average Bonchev–Trinajstić information content (AvgIpc) is 2.91. The molecule has 0 aromatic heterocycles. The molecule has 0 amide bonds. The first-order valence-corrected chi connectivity index (χ1v) is 5.53. The number of carboxylic acids is 1. The molecule has 80 valence electrons. The van der Waals surface area contributed by atoms with E-state index < -0.39 is 5.97 Å². The highest BCUT2D eigenvalue weighted by atomic mass is 35.5. The molecule has 2 nitrogen and oxygen atoms in total. The van der Waals surface area contributed by atoms with E-state index in [9.17, 15) is 4.79 Å². The molecule has 2 rings (SSSR count). The Bertz CT molecular complexity index is 411. The maximum Gasteiger partial charge on any atom is 0.307 e. The Morgan fingerprint density at radius 1 is 1.40 bits per heavy atom. The van der Waals surface area contributed by atoms with Gasteiger partial charge in [-0.25, -0.2) is 0 Å². The van der Waals surface area contributed by atoms with Crippen LogP contribution in [-0.2, 0) is 11.2 Å². The summed E-state index contributed by atoms with van der Waals surface area (Å²) in [6.45, 7) is 0. The Morgan fingerprint density at radius 3 is 2.60 bits per heavy atom. The van der Waals surface area contributed by atoms with E-state index in [0.717, 1.165) is 24.0 Å². The van der Waals surface area contributed by atoms with E-state index in [-0.39, 0.29) is 6.42 Å². The maximum atomic E-state index is 10.7. The van der Waals surface area contributed by atoms with Crippen LogP contribution in [-0.4, -0.2) is 11.1 Å². The van der Waals surface area contributed by atoms with Crippen LogP contribution >= 0.6 is 23.2 Å². The Hall–Kier alpha value is -0.730. The first-order chi connectivity index (χ1) is 7.08. The lowest BCUT2D eigenvalue weighted by Gasteiger charge is -2.09. The molecule has 1 aromatic rings. The molecule has 15 heavy (non-hydrogen) atoms. The van der Waals surface area contributed by atoms with Crippen molar-refractivity contribution in [2.45, 2.75) is 25.2 Å². The van der Waals surface area contributed by atoms with E-state index in [2.05, 4.69) is 0 Å². The van der Waals surface area contributed by atoms with Crippen molar-refractivity contribution in [3.8, 4) is 0 Å². The van der Waals surface area contributed by atoms with Gasteiger partial charge in [0.15, 0.2) is 0 Å². The number of hydrogen-bond acceptors (Lipinski definition) is 1. The van der Waals surface area contributed by atoms with Gasteiger partial charge in [0.25, 0.3) is 0 Å². The van der Waals surface area contributed by atoms with Gasteiger partial charge in [-0.05, 0) is 42.0 Å². The summed E-state index contributed by atoms with van der Waals surface area (Å²) >= 11 is 11.9. The minimum atomic E-state index is -0.860. The standard InChI is InChI=1S/C11H10Cl2O2/c12-7-3-8(6-1-2-6)9(5-11(14)15)10(13)4-7/h3-4,6H,1-2,5H2,(H,14,15). The summed E-state index contributed by atoms with van der Waals surface area (Å²) in [6, 6.07) is 3.44. The molecular formula is C11H10Cl2O2. The van der Waals surface area contributed by atoms with E-state index in [4.69, 9.17) is 28.3 Å². The van der Waals surface area contributed by atoms with Crippen molar-refractivity contribution >= 4 is 29.2 Å². The van der Waals surface area contributed by atoms with Crippen molar-refractivity contribution in [3.05, 3.63) is 33.3 Å². The number of aliphatic carboxylic acids is 1. The van der Waals surface area contributed by atoms with Crippen molar-refractivity contribution in [2.75, 3.05) is 0 Å². The molecular weight excluding hydrogens is 235 g/mol. The summed E-state index contributed by atoms with van der Waals surface area (Å²) < 4.78 is 0. The van der Waals surface area contributed by atoms with Crippen molar-refractivity contribution in [1.29, 1.82) is 0 Å². The third-order valence-electron chi connectivity index (χ3n) is 2.54. The van der Waals surface area contributed by atoms with Gasteiger partial charge in [-0.15, -0.1) is 0 Å². The lowest BCUT2D eigenvalue weighted by Crippen LogP contribution is -2.04. The fourth-order valence-corrected chi connectivity index (χ4v) is 2.30.